The molecule has 2 unspecified atom stereocenters. The van der Waals surface area contributed by atoms with Crippen LogP contribution in [0.2, 0.25) is 0 Å². The van der Waals surface area contributed by atoms with Crippen molar-refractivity contribution in [2.75, 3.05) is 25.1 Å². The van der Waals surface area contributed by atoms with E-state index in [2.05, 4.69) is 11.6 Å². The van der Waals surface area contributed by atoms with Crippen LogP contribution in [-0.4, -0.2) is 45.0 Å². The number of carbonyl (C=O) groups is 1. The lowest BCUT2D eigenvalue weighted by Gasteiger charge is -2.24. The minimum absolute atomic E-state index is 0.0290. The van der Waals surface area contributed by atoms with Crippen LogP contribution in [0.5, 0.6) is 0 Å². The van der Waals surface area contributed by atoms with Gasteiger partial charge in [0, 0.05) is 6.54 Å². The molecule has 2 atom stereocenters. The van der Waals surface area contributed by atoms with Crippen molar-refractivity contribution in [3.8, 4) is 0 Å². The number of fused-ring (bicyclic) bond motifs is 1. The van der Waals surface area contributed by atoms with Gasteiger partial charge in [0.05, 0.1) is 25.4 Å². The molecule has 2 aliphatic rings. The maximum absolute atomic E-state index is 13.5. The fourth-order valence-electron chi connectivity index (χ4n) is 4.07. The van der Waals surface area contributed by atoms with Gasteiger partial charge in [0.25, 0.3) is 0 Å². The first-order chi connectivity index (χ1) is 14.9. The van der Waals surface area contributed by atoms with E-state index in [0.29, 0.717) is 18.5 Å². The zero-order chi connectivity index (χ0) is 22.2. The molecule has 2 aromatic rings. The Morgan fingerprint density at radius 1 is 1.29 bits per heavy atom. The molecule has 0 saturated carbocycles. The molecule has 0 saturated heterocycles. The fraction of sp³-hybridized carbons (Fsp3) is 0.273. The largest absolute Gasteiger partial charge is 0.452 e. The summed E-state index contributed by atoms with van der Waals surface area (Å²) in [5, 5.41) is -0.992. The molecular weight excluding hydrogens is 416 g/mol. The first-order valence-corrected chi connectivity index (χ1v) is 11.4. The van der Waals surface area contributed by atoms with E-state index in [0.717, 1.165) is 21.1 Å². The third-order valence-corrected chi connectivity index (χ3v) is 7.69. The van der Waals surface area contributed by atoms with Crippen LogP contribution in [-0.2, 0) is 21.2 Å². The summed E-state index contributed by atoms with van der Waals surface area (Å²) in [6, 6.07) is 14.3. The smallest absolute Gasteiger partial charge is 0.414 e. The van der Waals surface area contributed by atoms with Crippen molar-refractivity contribution in [2.45, 2.75) is 17.7 Å². The van der Waals surface area contributed by atoms with Crippen molar-refractivity contribution in [1.29, 1.82) is 0 Å². The summed E-state index contributed by atoms with van der Waals surface area (Å²) < 4.78 is 32.9. The average molecular weight is 441 g/mol. The van der Waals surface area contributed by atoms with Crippen LogP contribution in [0.15, 0.2) is 66.2 Å². The van der Waals surface area contributed by atoms with Crippen molar-refractivity contribution in [3.63, 3.8) is 0 Å². The molecule has 0 spiro atoms. The number of rotatable bonds is 5. The van der Waals surface area contributed by atoms with Crippen LogP contribution in [0.4, 0.5) is 10.5 Å². The highest BCUT2D eigenvalue weighted by Crippen LogP contribution is 2.36. The molecule has 162 valence electrons. The Morgan fingerprint density at radius 2 is 2.03 bits per heavy atom. The molecule has 0 aromatic heterocycles. The number of nitrogens with two attached hydrogens (primary N) is 1. The SMILES string of the molecule is C=CC(c1ccc2c(c1)CCN2C(=O)OC)S(=O)(=O)N1CC(c2ccccc2)N=C1N. The average Bonchev–Trinajstić information content (AvgIpc) is 3.38. The van der Waals surface area contributed by atoms with Crippen LogP contribution < -0.4 is 10.6 Å². The summed E-state index contributed by atoms with van der Waals surface area (Å²) in [4.78, 5) is 17.8. The van der Waals surface area contributed by atoms with Crippen molar-refractivity contribution in [3.05, 3.63) is 77.9 Å². The molecule has 8 nitrogen and oxygen atoms in total. The number of sulfonamides is 1. The maximum atomic E-state index is 13.5. The Morgan fingerprint density at radius 3 is 2.71 bits per heavy atom. The molecule has 0 aliphatic carbocycles. The minimum Gasteiger partial charge on any atom is -0.452 e. The lowest BCUT2D eigenvalue weighted by Crippen LogP contribution is -2.41. The first kappa shape index (κ1) is 20.9. The zero-order valence-electron chi connectivity index (χ0n) is 17.1. The summed E-state index contributed by atoms with van der Waals surface area (Å²) in [5.41, 5.74) is 9.10. The standard InChI is InChI=1S/C22H24N4O4S/c1-3-20(17-9-10-19-16(13-17)11-12-25(19)22(27)30-2)31(28,29)26-14-18(24-21(26)23)15-7-5-4-6-8-15/h3-10,13,18,20H,1,11-12,14H2,2H3,(H2,23,24). The van der Waals surface area contributed by atoms with Gasteiger partial charge in [-0.3, -0.25) is 4.90 Å². The number of amides is 1. The molecule has 4 rings (SSSR count). The number of hydrogen-bond acceptors (Lipinski definition) is 6. The van der Waals surface area contributed by atoms with E-state index in [-0.39, 0.29) is 18.5 Å². The quantitative estimate of drug-likeness (QED) is 0.720. The second kappa shape index (κ2) is 8.07. The van der Waals surface area contributed by atoms with Gasteiger partial charge in [-0.1, -0.05) is 48.5 Å². The van der Waals surface area contributed by atoms with Gasteiger partial charge in [-0.25, -0.2) is 22.5 Å². The Balaban J connectivity index is 1.62. The van der Waals surface area contributed by atoms with E-state index in [1.54, 1.807) is 18.2 Å². The first-order valence-electron chi connectivity index (χ1n) is 9.87. The number of methoxy groups -OCH3 is 1. The number of benzene rings is 2. The summed E-state index contributed by atoms with van der Waals surface area (Å²) in [6.07, 6.45) is 1.58. The number of hydrogen-bond donors (Lipinski definition) is 1. The second-order valence-electron chi connectivity index (χ2n) is 7.41. The monoisotopic (exact) mass is 440 g/mol. The third kappa shape index (κ3) is 3.65. The molecule has 9 heteroatoms. The molecule has 1 amide bonds. The second-order valence-corrected chi connectivity index (χ2v) is 9.38. The normalized spacial score (nSPS) is 19.0. The predicted octanol–water partition coefficient (Wildman–Crippen LogP) is 2.74. The molecular formula is C22H24N4O4S. The zero-order valence-corrected chi connectivity index (χ0v) is 18.0. The lowest BCUT2D eigenvalue weighted by atomic mass is 10.1. The number of anilines is 1. The highest BCUT2D eigenvalue weighted by atomic mass is 32.2. The minimum atomic E-state index is -3.89. The highest BCUT2D eigenvalue weighted by Gasteiger charge is 2.38. The van der Waals surface area contributed by atoms with Gasteiger partial charge >= 0.3 is 6.09 Å². The summed E-state index contributed by atoms with van der Waals surface area (Å²) >= 11 is 0. The molecule has 0 radical (unpaired) electrons. The van der Waals surface area contributed by atoms with Crippen LogP contribution in [0, 0.1) is 0 Å². The molecule has 0 bridgehead atoms. The molecule has 2 heterocycles. The number of guanidine groups is 1. The van der Waals surface area contributed by atoms with Crippen LogP contribution in [0.3, 0.4) is 0 Å². The summed E-state index contributed by atoms with van der Waals surface area (Å²) in [6.45, 7) is 4.39. The van der Waals surface area contributed by atoms with Crippen molar-refractivity contribution >= 4 is 27.8 Å². The van der Waals surface area contributed by atoms with Gasteiger partial charge in [-0.2, -0.15) is 0 Å². The Kier molecular flexibility index (Phi) is 5.45. The maximum Gasteiger partial charge on any atom is 0.414 e. The van der Waals surface area contributed by atoms with Crippen molar-refractivity contribution < 1.29 is 17.9 Å². The van der Waals surface area contributed by atoms with Crippen LogP contribution in [0.1, 0.15) is 28.0 Å². The Hall–Kier alpha value is -3.33. The number of carbonyl (C=O) groups excluding carboxylic acids is 1. The number of ether oxygens (including phenoxy) is 1. The summed E-state index contributed by atoms with van der Waals surface area (Å²) in [5.74, 6) is -0.0290. The molecule has 2 N–H and O–H groups in total. The third-order valence-electron chi connectivity index (χ3n) is 5.63. The lowest BCUT2D eigenvalue weighted by molar-refractivity contribution is 0.179. The number of nitrogens with zero attached hydrogens (tertiary/aromatic N) is 3. The topological polar surface area (TPSA) is 105 Å². The fourth-order valence-corrected chi connectivity index (χ4v) is 5.73. The summed E-state index contributed by atoms with van der Waals surface area (Å²) in [7, 11) is -2.56. The molecule has 0 fully saturated rings. The van der Waals surface area contributed by atoms with Gasteiger partial charge in [0.2, 0.25) is 16.0 Å². The van der Waals surface area contributed by atoms with Gasteiger partial charge in [-0.05, 0) is 29.2 Å². The van der Waals surface area contributed by atoms with Crippen LogP contribution >= 0.6 is 0 Å². The van der Waals surface area contributed by atoms with E-state index < -0.39 is 21.4 Å². The molecule has 2 aliphatic heterocycles. The predicted molar refractivity (Wildman–Crippen MR) is 119 cm³/mol. The van der Waals surface area contributed by atoms with E-state index in [4.69, 9.17) is 10.5 Å². The van der Waals surface area contributed by atoms with Crippen LogP contribution in [0.25, 0.3) is 0 Å². The van der Waals surface area contributed by atoms with E-state index in [1.807, 2.05) is 30.3 Å². The Labute approximate surface area is 181 Å². The van der Waals surface area contributed by atoms with Gasteiger partial charge in [0.15, 0.2) is 0 Å². The van der Waals surface area contributed by atoms with Gasteiger partial charge < -0.3 is 10.5 Å². The molecule has 31 heavy (non-hydrogen) atoms. The highest BCUT2D eigenvalue weighted by molar-refractivity contribution is 7.90. The van der Waals surface area contributed by atoms with Crippen molar-refractivity contribution in [1.82, 2.24) is 4.31 Å². The van der Waals surface area contributed by atoms with Gasteiger partial charge in [-0.15, -0.1) is 6.58 Å². The van der Waals surface area contributed by atoms with E-state index in [1.165, 1.54) is 18.1 Å². The molecule has 2 aromatic carbocycles. The van der Waals surface area contributed by atoms with Crippen molar-refractivity contribution in [2.24, 2.45) is 10.7 Å². The van der Waals surface area contributed by atoms with Gasteiger partial charge in [0.1, 0.15) is 5.25 Å². The number of aliphatic imine (C=N–C) groups is 1. The van der Waals surface area contributed by atoms with E-state index in [9.17, 15) is 13.2 Å². The Bertz CT molecular complexity index is 1150. The van der Waals surface area contributed by atoms with E-state index >= 15 is 0 Å².